The van der Waals surface area contributed by atoms with E-state index < -0.39 is 5.95 Å². The fourth-order valence-corrected chi connectivity index (χ4v) is 5.34. The Hall–Kier alpha value is -4.35. The summed E-state index contributed by atoms with van der Waals surface area (Å²) in [6, 6.07) is 12.9. The van der Waals surface area contributed by atoms with Gasteiger partial charge in [0.2, 0.25) is 5.95 Å². The van der Waals surface area contributed by atoms with Gasteiger partial charge in [-0.05, 0) is 55.3 Å². The van der Waals surface area contributed by atoms with Crippen LogP contribution in [0, 0.1) is 11.8 Å². The Kier molecular flexibility index (Phi) is 7.62. The van der Waals surface area contributed by atoms with Gasteiger partial charge in [0.1, 0.15) is 11.5 Å². The first-order chi connectivity index (χ1) is 20.0. The van der Waals surface area contributed by atoms with Crippen molar-refractivity contribution < 1.29 is 18.3 Å². The normalized spacial score (nSPS) is 14.6. The number of hydrogen-bond acceptors (Lipinski definition) is 7. The summed E-state index contributed by atoms with van der Waals surface area (Å²) in [5, 5.41) is 4.86. The maximum absolute atomic E-state index is 13.7. The van der Waals surface area contributed by atoms with E-state index in [4.69, 9.17) is 14.8 Å². The van der Waals surface area contributed by atoms with Crippen LogP contribution in [0.2, 0.25) is 0 Å². The van der Waals surface area contributed by atoms with Crippen LogP contribution in [0.25, 0.3) is 28.3 Å². The Morgan fingerprint density at radius 2 is 1.85 bits per heavy atom. The first kappa shape index (κ1) is 26.9. The molecule has 0 radical (unpaired) electrons. The lowest BCUT2D eigenvalue weighted by Gasteiger charge is -2.33. The molecule has 1 aromatic carbocycles. The largest absolute Gasteiger partial charge is 0.383 e. The molecule has 0 amide bonds. The Morgan fingerprint density at radius 3 is 2.61 bits per heavy atom. The maximum Gasteiger partial charge on any atom is 0.213 e. The second-order valence-electron chi connectivity index (χ2n) is 10.1. The number of rotatable bonds is 9. The number of hydrogen-bond donors (Lipinski definition) is 0. The molecule has 9 nitrogen and oxygen atoms in total. The molecule has 0 aliphatic carbocycles. The molecule has 1 aliphatic heterocycles. The molecule has 11 heteroatoms. The quantitative estimate of drug-likeness (QED) is 0.193. The molecule has 0 saturated carbocycles. The number of ether oxygens (including phenoxy) is 1. The van der Waals surface area contributed by atoms with Crippen molar-refractivity contribution in [2.75, 3.05) is 33.4 Å². The third-order valence-electron chi connectivity index (χ3n) is 7.48. The van der Waals surface area contributed by atoms with Crippen molar-refractivity contribution in [3.63, 3.8) is 0 Å². The highest BCUT2D eigenvalue weighted by Crippen LogP contribution is 2.35. The Bertz CT molecular complexity index is 1670. The van der Waals surface area contributed by atoms with Crippen LogP contribution in [0.1, 0.15) is 34.9 Å². The van der Waals surface area contributed by atoms with E-state index in [9.17, 15) is 13.6 Å². The lowest BCUT2D eigenvalue weighted by Crippen LogP contribution is -2.36. The minimum absolute atomic E-state index is 0.00253. The number of fused-ring (bicyclic) bond motifs is 1. The molecule has 1 fully saturated rings. The van der Waals surface area contributed by atoms with Gasteiger partial charge in [0.15, 0.2) is 11.4 Å². The number of benzene rings is 1. The highest BCUT2D eigenvalue weighted by Gasteiger charge is 2.26. The zero-order chi connectivity index (χ0) is 28.3. The number of nitrogens with zero attached hydrogens (tertiary/aromatic N) is 7. The summed E-state index contributed by atoms with van der Waals surface area (Å²) in [5.41, 5.74) is 4.38. The molecule has 1 saturated heterocycles. The number of halogens is 2. The zero-order valence-corrected chi connectivity index (χ0v) is 22.6. The van der Waals surface area contributed by atoms with Crippen LogP contribution in [0.4, 0.5) is 8.78 Å². The molecular weight excluding hydrogens is 528 g/mol. The molecule has 5 heterocycles. The number of carbonyl (C=O) groups excluding carboxylic acids is 1. The van der Waals surface area contributed by atoms with Gasteiger partial charge in [0, 0.05) is 56.2 Å². The van der Waals surface area contributed by atoms with Gasteiger partial charge >= 0.3 is 0 Å². The van der Waals surface area contributed by atoms with Crippen LogP contribution in [0.15, 0.2) is 67.3 Å². The molecule has 4 aromatic heterocycles. The number of piperidine rings is 1. The van der Waals surface area contributed by atoms with Crippen molar-refractivity contribution in [2.45, 2.75) is 25.3 Å². The van der Waals surface area contributed by atoms with Gasteiger partial charge in [-0.15, -0.1) is 0 Å². The minimum Gasteiger partial charge on any atom is -0.383 e. The summed E-state index contributed by atoms with van der Waals surface area (Å²) < 4.78 is 36.3. The van der Waals surface area contributed by atoms with Crippen molar-refractivity contribution >= 4 is 11.4 Å². The average molecular weight is 558 g/mol. The van der Waals surface area contributed by atoms with Crippen molar-refractivity contribution in [1.29, 1.82) is 0 Å². The molecule has 0 atom stereocenters. The summed E-state index contributed by atoms with van der Waals surface area (Å²) in [6.45, 7) is 3.51. The third-order valence-corrected chi connectivity index (χ3v) is 7.48. The van der Waals surface area contributed by atoms with Crippen LogP contribution < -0.4 is 0 Å². The first-order valence-electron chi connectivity index (χ1n) is 13.5. The van der Waals surface area contributed by atoms with Crippen molar-refractivity contribution in [2.24, 2.45) is 0 Å². The Morgan fingerprint density at radius 1 is 1.05 bits per heavy atom. The van der Waals surface area contributed by atoms with E-state index in [2.05, 4.69) is 19.4 Å². The summed E-state index contributed by atoms with van der Waals surface area (Å²) in [4.78, 5) is 27.9. The highest BCUT2D eigenvalue weighted by atomic mass is 19.1. The Labute approximate surface area is 235 Å². The monoisotopic (exact) mass is 557 g/mol. The van der Waals surface area contributed by atoms with Gasteiger partial charge in [0.25, 0.3) is 0 Å². The van der Waals surface area contributed by atoms with Crippen LogP contribution in [-0.4, -0.2) is 73.2 Å². The van der Waals surface area contributed by atoms with Gasteiger partial charge < -0.3 is 14.2 Å². The maximum atomic E-state index is 13.7. The zero-order valence-electron chi connectivity index (χ0n) is 22.6. The van der Waals surface area contributed by atoms with E-state index in [0.717, 1.165) is 49.8 Å². The van der Waals surface area contributed by atoms with Crippen LogP contribution >= 0.6 is 0 Å². The molecular formula is C30H29F2N7O2. The van der Waals surface area contributed by atoms with Crippen LogP contribution in [0.5, 0.6) is 0 Å². The number of pyridine rings is 1. The molecule has 0 spiro atoms. The smallest absolute Gasteiger partial charge is 0.213 e. The first-order valence-corrected chi connectivity index (χ1v) is 13.5. The molecule has 5 aromatic rings. The van der Waals surface area contributed by atoms with Crippen molar-refractivity contribution in [3.8, 4) is 22.6 Å². The van der Waals surface area contributed by atoms with E-state index in [1.165, 1.54) is 24.4 Å². The minimum atomic E-state index is -0.702. The number of Topliss-reactive ketones (excluding diaryl/α,β-unsaturated/α-hetero) is 1. The van der Waals surface area contributed by atoms with Gasteiger partial charge in [0.05, 0.1) is 42.6 Å². The van der Waals surface area contributed by atoms with Crippen LogP contribution in [0.3, 0.4) is 0 Å². The molecule has 0 unspecified atom stereocenters. The molecule has 41 heavy (non-hydrogen) atoms. The molecule has 1 aliphatic rings. The Balaban J connectivity index is 1.33. The molecule has 210 valence electrons. The number of carbonyl (C=O) groups is 1. The lowest BCUT2D eigenvalue weighted by atomic mass is 10.0. The second-order valence-corrected chi connectivity index (χ2v) is 10.1. The summed E-state index contributed by atoms with van der Waals surface area (Å²) in [7, 11) is 1.72. The fraction of sp³-hybridized carbons (Fsp3) is 0.300. The summed E-state index contributed by atoms with van der Waals surface area (Å²) in [5.74, 6) is -1.28. The lowest BCUT2D eigenvalue weighted by molar-refractivity contribution is 0.0991. The molecule has 0 N–H and O–H groups in total. The summed E-state index contributed by atoms with van der Waals surface area (Å²) >= 11 is 0. The second kappa shape index (κ2) is 11.6. The van der Waals surface area contributed by atoms with Crippen LogP contribution in [-0.2, 0) is 11.2 Å². The summed E-state index contributed by atoms with van der Waals surface area (Å²) in [6.07, 6.45) is 6.73. The number of ketones is 1. The van der Waals surface area contributed by atoms with E-state index >= 15 is 0 Å². The average Bonchev–Trinajstić information content (AvgIpc) is 3.60. The van der Waals surface area contributed by atoms with Gasteiger partial charge in [-0.25, -0.2) is 23.9 Å². The van der Waals surface area contributed by atoms with Crippen molar-refractivity contribution in [1.82, 2.24) is 34.0 Å². The van der Waals surface area contributed by atoms with Gasteiger partial charge in [-0.1, -0.05) is 0 Å². The number of likely N-dealkylation sites (tertiary alicyclic amines) is 1. The molecule has 0 bridgehead atoms. The van der Waals surface area contributed by atoms with E-state index in [-0.39, 0.29) is 29.6 Å². The van der Waals surface area contributed by atoms with E-state index in [1.807, 2.05) is 18.5 Å². The topological polar surface area (TPSA) is 90.4 Å². The number of imidazole rings is 2. The fourth-order valence-electron chi connectivity index (χ4n) is 5.34. The van der Waals surface area contributed by atoms with Gasteiger partial charge in [-0.2, -0.15) is 9.49 Å². The van der Waals surface area contributed by atoms with E-state index in [0.29, 0.717) is 29.3 Å². The number of methoxy groups -OCH3 is 1. The highest BCUT2D eigenvalue weighted by molar-refractivity contribution is 5.97. The molecule has 6 rings (SSSR count). The SMILES string of the molecule is COCCN1CCC(n2cnc(-c3ccc(F)cc3)c2-c2ccc3nc(CC(=O)c4ccnc(F)c4)cn3n2)CC1. The van der Waals surface area contributed by atoms with Gasteiger partial charge in [-0.3, -0.25) is 4.79 Å². The third kappa shape index (κ3) is 5.77. The predicted molar refractivity (Wildman–Crippen MR) is 148 cm³/mol. The number of aromatic nitrogens is 6. The van der Waals surface area contributed by atoms with E-state index in [1.54, 1.807) is 30.0 Å². The predicted octanol–water partition coefficient (Wildman–Crippen LogP) is 4.64. The van der Waals surface area contributed by atoms with Crippen molar-refractivity contribution in [3.05, 3.63) is 90.3 Å². The standard InChI is InChI=1S/C30H29F2N7O2/c1-41-15-14-37-12-9-24(10-13-37)38-19-34-29(20-2-4-22(31)5-3-20)30(38)25-6-7-28-35-23(18-39(28)36-25)17-26(40)21-8-11-33-27(32)16-21/h2-8,11,16,18-19,24H,9-10,12-15,17H2,1H3.